The van der Waals surface area contributed by atoms with Crippen molar-refractivity contribution in [1.82, 2.24) is 20.1 Å². The van der Waals surface area contributed by atoms with Crippen LogP contribution in [0.15, 0.2) is 34.2 Å². The molecule has 1 unspecified atom stereocenters. The van der Waals surface area contributed by atoms with Gasteiger partial charge < -0.3 is 9.32 Å². The van der Waals surface area contributed by atoms with Crippen LogP contribution in [0.5, 0.6) is 0 Å². The molecule has 7 heteroatoms. The fourth-order valence-electron chi connectivity index (χ4n) is 2.84. The zero-order valence-electron chi connectivity index (χ0n) is 13.1. The zero-order valence-corrected chi connectivity index (χ0v) is 14.0. The number of thioether (sulfide) groups is 1. The highest BCUT2D eigenvalue weighted by Crippen LogP contribution is 2.25. The summed E-state index contributed by atoms with van der Waals surface area (Å²) in [6.45, 7) is 3.01. The topological polar surface area (TPSA) is 72.1 Å². The molecule has 3 heterocycles. The van der Waals surface area contributed by atoms with E-state index in [-0.39, 0.29) is 5.91 Å². The Morgan fingerprint density at radius 1 is 1.35 bits per heavy atom. The zero-order chi connectivity index (χ0) is 16.1. The van der Waals surface area contributed by atoms with Gasteiger partial charge in [-0.2, -0.15) is 0 Å². The molecule has 3 rings (SSSR count). The molecule has 0 N–H and O–H groups in total. The Morgan fingerprint density at radius 3 is 2.96 bits per heavy atom. The normalized spacial score (nSPS) is 18.1. The summed E-state index contributed by atoms with van der Waals surface area (Å²) in [5.41, 5.74) is 0.827. The molecule has 1 fully saturated rings. The third kappa shape index (κ3) is 3.90. The molecule has 0 spiro atoms. The molecule has 1 atom stereocenters. The molecule has 1 amide bonds. The van der Waals surface area contributed by atoms with E-state index in [0.29, 0.717) is 22.9 Å². The van der Waals surface area contributed by atoms with Crippen LogP contribution in [0.1, 0.15) is 32.6 Å². The van der Waals surface area contributed by atoms with Crippen LogP contribution in [0.2, 0.25) is 0 Å². The van der Waals surface area contributed by atoms with E-state index in [4.69, 9.17) is 4.42 Å². The summed E-state index contributed by atoms with van der Waals surface area (Å²) in [4.78, 5) is 18.4. The number of aromatic nitrogens is 3. The van der Waals surface area contributed by atoms with Crippen molar-refractivity contribution in [3.05, 3.63) is 24.5 Å². The van der Waals surface area contributed by atoms with Gasteiger partial charge in [0.1, 0.15) is 0 Å². The van der Waals surface area contributed by atoms with E-state index in [1.165, 1.54) is 18.2 Å². The van der Waals surface area contributed by atoms with E-state index in [1.54, 1.807) is 12.4 Å². The summed E-state index contributed by atoms with van der Waals surface area (Å²) in [5.74, 6) is 0.950. The van der Waals surface area contributed by atoms with Gasteiger partial charge in [0.15, 0.2) is 0 Å². The predicted octanol–water partition coefficient (Wildman–Crippen LogP) is 3.01. The standard InChI is InChI=1S/C16H20N4O2S/c1-2-13-5-3-4-10-20(13)14(21)11-23-16-19-18-15(22-16)12-6-8-17-9-7-12/h6-9,13H,2-5,10-11H2,1H3. The number of nitrogens with zero attached hydrogens (tertiary/aromatic N) is 4. The van der Waals surface area contributed by atoms with Gasteiger partial charge in [0.25, 0.3) is 5.22 Å². The lowest BCUT2D eigenvalue weighted by molar-refractivity contribution is -0.132. The number of carbonyl (C=O) groups excluding carboxylic acids is 1. The summed E-state index contributed by atoms with van der Waals surface area (Å²) >= 11 is 1.30. The first-order valence-electron chi connectivity index (χ1n) is 7.94. The van der Waals surface area contributed by atoms with Gasteiger partial charge >= 0.3 is 0 Å². The van der Waals surface area contributed by atoms with E-state index >= 15 is 0 Å². The van der Waals surface area contributed by atoms with Gasteiger partial charge in [0, 0.05) is 30.5 Å². The van der Waals surface area contributed by atoms with Gasteiger partial charge in [0.2, 0.25) is 11.8 Å². The molecule has 23 heavy (non-hydrogen) atoms. The van der Waals surface area contributed by atoms with Crippen LogP contribution in [0.25, 0.3) is 11.5 Å². The van der Waals surface area contributed by atoms with Crippen LogP contribution in [-0.4, -0.2) is 44.3 Å². The first kappa shape index (κ1) is 16.0. The van der Waals surface area contributed by atoms with Gasteiger partial charge in [0.05, 0.1) is 5.75 Å². The number of pyridine rings is 1. The van der Waals surface area contributed by atoms with E-state index in [1.807, 2.05) is 17.0 Å². The molecule has 1 saturated heterocycles. The van der Waals surface area contributed by atoms with Gasteiger partial charge in [-0.05, 0) is 37.8 Å². The lowest BCUT2D eigenvalue weighted by atomic mass is 10.0. The first-order chi connectivity index (χ1) is 11.3. The number of carbonyl (C=O) groups is 1. The fraction of sp³-hybridized carbons (Fsp3) is 0.500. The number of hydrogen-bond donors (Lipinski definition) is 0. The fourth-order valence-corrected chi connectivity index (χ4v) is 3.49. The Labute approximate surface area is 139 Å². The maximum atomic E-state index is 12.4. The summed E-state index contributed by atoms with van der Waals surface area (Å²) in [7, 11) is 0. The summed E-state index contributed by atoms with van der Waals surface area (Å²) in [5, 5.41) is 8.45. The molecule has 2 aromatic rings. The maximum Gasteiger partial charge on any atom is 0.277 e. The van der Waals surface area contributed by atoms with E-state index in [2.05, 4.69) is 22.1 Å². The molecular formula is C16H20N4O2S. The second-order valence-corrected chi connectivity index (χ2v) is 6.47. The lowest BCUT2D eigenvalue weighted by Gasteiger charge is -2.35. The molecule has 6 nitrogen and oxygen atoms in total. The number of hydrogen-bond acceptors (Lipinski definition) is 6. The Hall–Kier alpha value is -1.89. The number of amides is 1. The van der Waals surface area contributed by atoms with E-state index < -0.39 is 0 Å². The lowest BCUT2D eigenvalue weighted by Crippen LogP contribution is -2.44. The highest BCUT2D eigenvalue weighted by Gasteiger charge is 2.25. The van der Waals surface area contributed by atoms with Gasteiger partial charge in [-0.25, -0.2) is 0 Å². The van der Waals surface area contributed by atoms with Crippen LogP contribution in [0, 0.1) is 0 Å². The molecule has 2 aromatic heterocycles. The Balaban J connectivity index is 1.58. The summed E-state index contributed by atoms with van der Waals surface area (Å²) < 4.78 is 5.60. The minimum absolute atomic E-state index is 0.158. The van der Waals surface area contributed by atoms with Crippen molar-refractivity contribution in [3.8, 4) is 11.5 Å². The van der Waals surface area contributed by atoms with Crippen LogP contribution < -0.4 is 0 Å². The Morgan fingerprint density at radius 2 is 2.17 bits per heavy atom. The van der Waals surface area contributed by atoms with E-state index in [9.17, 15) is 4.79 Å². The summed E-state index contributed by atoms with van der Waals surface area (Å²) in [6, 6.07) is 4.01. The third-order valence-corrected chi connectivity index (χ3v) is 4.87. The molecule has 0 saturated carbocycles. The quantitative estimate of drug-likeness (QED) is 0.784. The first-order valence-corrected chi connectivity index (χ1v) is 8.92. The van der Waals surface area contributed by atoms with Crippen molar-refractivity contribution in [2.45, 2.75) is 43.9 Å². The molecule has 0 aliphatic carbocycles. The Bertz CT molecular complexity index is 647. The maximum absolute atomic E-state index is 12.4. The SMILES string of the molecule is CCC1CCCCN1C(=O)CSc1nnc(-c2ccncc2)o1. The summed E-state index contributed by atoms with van der Waals surface area (Å²) in [6.07, 6.45) is 7.80. The van der Waals surface area contributed by atoms with Crippen molar-refractivity contribution in [3.63, 3.8) is 0 Å². The highest BCUT2D eigenvalue weighted by atomic mass is 32.2. The Kier molecular flexibility index (Phi) is 5.27. The predicted molar refractivity (Wildman–Crippen MR) is 87.9 cm³/mol. The average molecular weight is 332 g/mol. The van der Waals surface area contributed by atoms with Crippen molar-refractivity contribution in [2.75, 3.05) is 12.3 Å². The van der Waals surface area contributed by atoms with E-state index in [0.717, 1.165) is 31.4 Å². The van der Waals surface area contributed by atoms with Gasteiger partial charge in [-0.3, -0.25) is 9.78 Å². The average Bonchev–Trinajstić information content (AvgIpc) is 3.09. The van der Waals surface area contributed by atoms with Gasteiger partial charge in [-0.1, -0.05) is 18.7 Å². The number of rotatable bonds is 5. The third-order valence-electron chi connectivity index (χ3n) is 4.07. The van der Waals surface area contributed by atoms with Crippen molar-refractivity contribution in [1.29, 1.82) is 0 Å². The van der Waals surface area contributed by atoms with Crippen molar-refractivity contribution in [2.24, 2.45) is 0 Å². The van der Waals surface area contributed by atoms with Crippen LogP contribution >= 0.6 is 11.8 Å². The van der Waals surface area contributed by atoms with Crippen molar-refractivity contribution >= 4 is 17.7 Å². The molecule has 0 bridgehead atoms. The van der Waals surface area contributed by atoms with Crippen molar-refractivity contribution < 1.29 is 9.21 Å². The minimum atomic E-state index is 0.158. The molecular weight excluding hydrogens is 312 g/mol. The van der Waals surface area contributed by atoms with Gasteiger partial charge in [-0.15, -0.1) is 10.2 Å². The molecule has 1 aliphatic rings. The molecule has 1 aliphatic heterocycles. The smallest absolute Gasteiger partial charge is 0.277 e. The number of piperidine rings is 1. The second-order valence-electron chi connectivity index (χ2n) is 5.54. The molecule has 122 valence electrons. The largest absolute Gasteiger partial charge is 0.411 e. The monoisotopic (exact) mass is 332 g/mol. The van der Waals surface area contributed by atoms with Crippen LogP contribution in [0.3, 0.4) is 0 Å². The second kappa shape index (κ2) is 7.59. The molecule has 0 aromatic carbocycles. The minimum Gasteiger partial charge on any atom is -0.411 e. The van der Waals surface area contributed by atoms with Crippen LogP contribution in [-0.2, 0) is 4.79 Å². The van der Waals surface area contributed by atoms with Crippen LogP contribution in [0.4, 0.5) is 0 Å². The number of likely N-dealkylation sites (tertiary alicyclic amines) is 1. The molecule has 0 radical (unpaired) electrons. The highest BCUT2D eigenvalue weighted by molar-refractivity contribution is 7.99.